The highest BCUT2D eigenvalue weighted by molar-refractivity contribution is 7.21. The van der Waals surface area contributed by atoms with Crippen molar-refractivity contribution in [2.24, 2.45) is 0 Å². The average Bonchev–Trinajstić information content (AvgIpc) is 3.34. The van der Waals surface area contributed by atoms with Crippen molar-refractivity contribution in [1.29, 1.82) is 0 Å². The van der Waals surface area contributed by atoms with Gasteiger partial charge in [0.1, 0.15) is 9.75 Å². The van der Waals surface area contributed by atoms with Crippen molar-refractivity contribution < 1.29 is 19.1 Å². The van der Waals surface area contributed by atoms with Gasteiger partial charge in [0, 0.05) is 9.40 Å². The largest absolute Gasteiger partial charge is 0.465 e. The maximum absolute atomic E-state index is 11.7. The fraction of sp³-hybridized carbons (Fsp3) is 0.0909. The van der Waals surface area contributed by atoms with Gasteiger partial charge in [0.2, 0.25) is 0 Å². The molecule has 0 N–H and O–H groups in total. The maximum atomic E-state index is 11.7. The van der Waals surface area contributed by atoms with Gasteiger partial charge in [0.05, 0.1) is 14.2 Å². The van der Waals surface area contributed by atoms with Crippen LogP contribution in [0.5, 0.6) is 0 Å². The van der Waals surface area contributed by atoms with Crippen LogP contribution in [0.15, 0.2) is 48.5 Å². The quantitative estimate of drug-likeness (QED) is 0.313. The summed E-state index contributed by atoms with van der Waals surface area (Å²) < 4.78 is 11.7. The molecule has 2 aromatic heterocycles. The van der Waals surface area contributed by atoms with Crippen LogP contribution in [0.4, 0.5) is 0 Å². The second-order valence-electron chi connectivity index (χ2n) is 6.13. The molecule has 0 fully saturated rings. The Bertz CT molecular complexity index is 1130. The van der Waals surface area contributed by atoms with E-state index in [-0.39, 0.29) is 11.9 Å². The van der Waals surface area contributed by atoms with Crippen LogP contribution in [-0.2, 0) is 9.47 Å². The molecule has 4 rings (SSSR count). The van der Waals surface area contributed by atoms with Gasteiger partial charge in [-0.05, 0) is 46.2 Å². The highest BCUT2D eigenvalue weighted by atomic mass is 32.1. The zero-order valence-corrected chi connectivity index (χ0v) is 16.9. The van der Waals surface area contributed by atoms with Gasteiger partial charge >= 0.3 is 11.9 Å². The van der Waals surface area contributed by atoms with Gasteiger partial charge in [-0.2, -0.15) is 0 Å². The molecular weight excluding hydrogens is 392 g/mol. The Labute approximate surface area is 169 Å². The van der Waals surface area contributed by atoms with Gasteiger partial charge < -0.3 is 9.47 Å². The summed E-state index contributed by atoms with van der Waals surface area (Å²) in [6.45, 7) is 0. The minimum atomic E-state index is -0.311. The molecule has 0 aliphatic rings. The molecule has 4 nitrogen and oxygen atoms in total. The van der Waals surface area contributed by atoms with Crippen molar-refractivity contribution in [1.82, 2.24) is 0 Å². The van der Waals surface area contributed by atoms with Crippen LogP contribution in [0, 0.1) is 0 Å². The van der Waals surface area contributed by atoms with Gasteiger partial charge in [0.15, 0.2) is 0 Å². The second-order valence-corrected chi connectivity index (χ2v) is 8.30. The number of carbonyl (C=O) groups is 2. The Hall–Kier alpha value is -2.96. The summed E-state index contributed by atoms with van der Waals surface area (Å²) in [6, 6.07) is 15.9. The minimum absolute atomic E-state index is 0.311. The van der Waals surface area contributed by atoms with E-state index in [1.54, 1.807) is 0 Å². The van der Waals surface area contributed by atoms with Gasteiger partial charge in [0.25, 0.3) is 0 Å². The van der Waals surface area contributed by atoms with Crippen molar-refractivity contribution >= 4 is 66.9 Å². The molecule has 0 saturated carbocycles. The van der Waals surface area contributed by atoms with Crippen LogP contribution in [-0.4, -0.2) is 26.2 Å². The molecule has 2 aromatic carbocycles. The summed E-state index contributed by atoms with van der Waals surface area (Å²) in [5.41, 5.74) is 2.10. The average molecular weight is 409 g/mol. The first-order valence-corrected chi connectivity index (χ1v) is 10.1. The Morgan fingerprint density at radius 3 is 1.54 bits per heavy atom. The van der Waals surface area contributed by atoms with E-state index in [9.17, 15) is 9.59 Å². The number of hydrogen-bond acceptors (Lipinski definition) is 6. The van der Waals surface area contributed by atoms with Crippen molar-refractivity contribution in [3.63, 3.8) is 0 Å². The number of rotatable bonds is 4. The van der Waals surface area contributed by atoms with E-state index in [0.29, 0.717) is 9.75 Å². The summed E-state index contributed by atoms with van der Waals surface area (Å²) in [5, 5.41) is 2.05. The number of thiophene rings is 2. The summed E-state index contributed by atoms with van der Waals surface area (Å²) in [4.78, 5) is 24.6. The van der Waals surface area contributed by atoms with E-state index < -0.39 is 0 Å². The number of esters is 2. The predicted molar refractivity (Wildman–Crippen MR) is 115 cm³/mol. The lowest BCUT2D eigenvalue weighted by Crippen LogP contribution is -1.96. The predicted octanol–water partition coefficient (Wildman–Crippen LogP) is 5.86. The first-order valence-electron chi connectivity index (χ1n) is 8.49. The van der Waals surface area contributed by atoms with Crippen molar-refractivity contribution in [2.75, 3.05) is 14.2 Å². The molecule has 0 aliphatic heterocycles. The molecule has 0 spiro atoms. The number of hydrogen-bond donors (Lipinski definition) is 0. The molecule has 28 heavy (non-hydrogen) atoms. The standard InChI is InChI=1S/C22H16O4S2/c1-25-21(23)19-11-15-7-5-13(9-17(15)27-19)3-4-14-6-8-16-12-20(22(24)26-2)28-18(16)10-14/h3-12H,1-2H3/b4-3-. The zero-order chi connectivity index (χ0) is 19.7. The van der Waals surface area contributed by atoms with Crippen LogP contribution in [0.2, 0.25) is 0 Å². The van der Waals surface area contributed by atoms with Crippen molar-refractivity contribution in [2.45, 2.75) is 0 Å². The lowest BCUT2D eigenvalue weighted by molar-refractivity contribution is 0.0597. The van der Waals surface area contributed by atoms with Crippen LogP contribution >= 0.6 is 22.7 Å². The summed E-state index contributed by atoms with van der Waals surface area (Å²) >= 11 is 2.85. The minimum Gasteiger partial charge on any atom is -0.465 e. The van der Waals surface area contributed by atoms with Crippen molar-refractivity contribution in [3.05, 3.63) is 69.4 Å². The lowest BCUT2D eigenvalue weighted by Gasteiger charge is -1.96. The maximum Gasteiger partial charge on any atom is 0.348 e. The third-order valence-electron chi connectivity index (χ3n) is 4.33. The highest BCUT2D eigenvalue weighted by Gasteiger charge is 2.11. The fourth-order valence-corrected chi connectivity index (χ4v) is 4.96. The van der Waals surface area contributed by atoms with E-state index in [4.69, 9.17) is 9.47 Å². The van der Waals surface area contributed by atoms with Crippen LogP contribution in [0.25, 0.3) is 32.3 Å². The SMILES string of the molecule is COC(=O)c1cc2ccc(/C=C\c3ccc4cc(C(=O)OC)sc4c3)cc2s1. The summed E-state index contributed by atoms with van der Waals surface area (Å²) in [6.07, 6.45) is 4.07. The molecule has 0 bridgehead atoms. The topological polar surface area (TPSA) is 52.6 Å². The monoisotopic (exact) mass is 408 g/mol. The normalized spacial score (nSPS) is 11.4. The Morgan fingerprint density at radius 2 is 1.14 bits per heavy atom. The fourth-order valence-electron chi connectivity index (χ4n) is 2.90. The molecule has 0 saturated heterocycles. The molecule has 4 aromatic rings. The summed E-state index contributed by atoms with van der Waals surface area (Å²) in [7, 11) is 2.78. The molecule has 0 amide bonds. The number of benzene rings is 2. The number of methoxy groups -OCH3 is 2. The van der Waals surface area contributed by atoms with Gasteiger partial charge in [-0.1, -0.05) is 36.4 Å². The molecule has 2 heterocycles. The highest BCUT2D eigenvalue weighted by Crippen LogP contribution is 2.29. The number of fused-ring (bicyclic) bond motifs is 2. The Kier molecular flexibility index (Phi) is 4.98. The molecule has 0 atom stereocenters. The van der Waals surface area contributed by atoms with E-state index in [1.807, 2.05) is 48.6 Å². The van der Waals surface area contributed by atoms with E-state index in [1.165, 1.54) is 36.9 Å². The van der Waals surface area contributed by atoms with Crippen LogP contribution < -0.4 is 0 Å². The van der Waals surface area contributed by atoms with Crippen LogP contribution in [0.3, 0.4) is 0 Å². The molecule has 6 heteroatoms. The smallest absolute Gasteiger partial charge is 0.348 e. The Morgan fingerprint density at radius 1 is 0.714 bits per heavy atom. The number of ether oxygens (including phenoxy) is 2. The molecular formula is C22H16O4S2. The van der Waals surface area contributed by atoms with E-state index >= 15 is 0 Å². The third-order valence-corrected chi connectivity index (χ3v) is 6.49. The Balaban J connectivity index is 1.61. The molecule has 0 radical (unpaired) electrons. The van der Waals surface area contributed by atoms with Gasteiger partial charge in [-0.15, -0.1) is 22.7 Å². The second kappa shape index (κ2) is 7.58. The lowest BCUT2D eigenvalue weighted by atomic mass is 10.1. The molecule has 140 valence electrons. The van der Waals surface area contributed by atoms with E-state index in [0.717, 1.165) is 31.3 Å². The van der Waals surface area contributed by atoms with Crippen molar-refractivity contribution in [3.8, 4) is 0 Å². The third kappa shape index (κ3) is 3.56. The molecule has 0 unspecified atom stereocenters. The first-order chi connectivity index (χ1) is 13.6. The molecule has 0 aliphatic carbocycles. The zero-order valence-electron chi connectivity index (χ0n) is 15.2. The van der Waals surface area contributed by atoms with Gasteiger partial charge in [-0.25, -0.2) is 9.59 Å². The first kappa shape index (κ1) is 18.4. The van der Waals surface area contributed by atoms with Crippen LogP contribution in [0.1, 0.15) is 30.5 Å². The number of carbonyl (C=O) groups excluding carboxylic acids is 2. The van der Waals surface area contributed by atoms with Gasteiger partial charge in [-0.3, -0.25) is 0 Å². The summed E-state index contributed by atoms with van der Waals surface area (Å²) in [5.74, 6) is -0.622. The van der Waals surface area contributed by atoms with E-state index in [2.05, 4.69) is 12.1 Å².